The quantitative estimate of drug-likeness (QED) is 0.520. The summed E-state index contributed by atoms with van der Waals surface area (Å²) in [6.45, 7) is 0. The van der Waals surface area contributed by atoms with Crippen molar-refractivity contribution in [3.05, 3.63) is 84.2 Å². The molecule has 0 amide bonds. The summed E-state index contributed by atoms with van der Waals surface area (Å²) in [4.78, 5) is 5.12. The molecule has 0 atom stereocenters. The number of benzene rings is 2. The highest BCUT2D eigenvalue weighted by molar-refractivity contribution is 5.85. The van der Waals surface area contributed by atoms with Gasteiger partial charge in [-0.15, -0.1) is 0 Å². The molecule has 0 saturated heterocycles. The van der Waals surface area contributed by atoms with Crippen LogP contribution in [0.5, 0.6) is 0 Å². The van der Waals surface area contributed by atoms with Gasteiger partial charge in [0, 0.05) is 29.9 Å². The van der Waals surface area contributed by atoms with E-state index in [0.29, 0.717) is 0 Å². The number of fused-ring (bicyclic) bond motifs is 3. The first-order chi connectivity index (χ1) is 12.8. The minimum atomic E-state index is 0.961. The van der Waals surface area contributed by atoms with Crippen LogP contribution >= 0.6 is 0 Å². The van der Waals surface area contributed by atoms with Crippen LogP contribution in [-0.4, -0.2) is 14.8 Å². The molecule has 2 aromatic carbocycles. The first-order valence-electron chi connectivity index (χ1n) is 8.97. The summed E-state index contributed by atoms with van der Waals surface area (Å²) in [7, 11) is 1.99. The minimum Gasteiger partial charge on any atom is -0.275 e. The fraction of sp³-hybridized carbons (Fsp3) is 0.130. The summed E-state index contributed by atoms with van der Waals surface area (Å²) >= 11 is 0. The third-order valence-corrected chi connectivity index (χ3v) is 5.02. The Morgan fingerprint density at radius 1 is 0.769 bits per heavy atom. The molecule has 3 nitrogen and oxygen atoms in total. The summed E-state index contributed by atoms with van der Waals surface area (Å²) < 4.78 is 1.91. The van der Waals surface area contributed by atoms with Crippen LogP contribution in [0.25, 0.3) is 33.6 Å². The molecule has 0 aliphatic heterocycles. The second-order valence-corrected chi connectivity index (χ2v) is 6.79. The predicted molar refractivity (Wildman–Crippen MR) is 105 cm³/mol. The fourth-order valence-electron chi connectivity index (χ4n) is 3.80. The average Bonchev–Trinajstić information content (AvgIpc) is 3.09. The summed E-state index contributed by atoms with van der Waals surface area (Å²) in [6, 6.07) is 23.3. The lowest BCUT2D eigenvalue weighted by molar-refractivity contribution is 0.770. The van der Waals surface area contributed by atoms with Gasteiger partial charge in [0.2, 0.25) is 0 Å². The smallest absolute Gasteiger partial charge is 0.0973 e. The van der Waals surface area contributed by atoms with E-state index < -0.39 is 0 Å². The number of aryl methyl sites for hydroxylation is 3. The lowest BCUT2D eigenvalue weighted by Crippen LogP contribution is -2.07. The van der Waals surface area contributed by atoms with Gasteiger partial charge in [-0.05, 0) is 30.0 Å². The van der Waals surface area contributed by atoms with Crippen molar-refractivity contribution in [3.8, 4) is 33.6 Å². The SMILES string of the molecule is Cn1cc2c(n1)-c1cc(-c3ccccc3)c(-c3ccccc3)nc1CC2. The first-order valence-corrected chi connectivity index (χ1v) is 8.97. The molecule has 0 spiro atoms. The number of nitrogens with zero attached hydrogens (tertiary/aromatic N) is 3. The number of hydrogen-bond acceptors (Lipinski definition) is 2. The van der Waals surface area contributed by atoms with Gasteiger partial charge in [-0.25, -0.2) is 0 Å². The molecule has 126 valence electrons. The van der Waals surface area contributed by atoms with Crippen molar-refractivity contribution in [3.63, 3.8) is 0 Å². The van der Waals surface area contributed by atoms with Gasteiger partial charge in [-0.1, -0.05) is 60.7 Å². The highest BCUT2D eigenvalue weighted by atomic mass is 15.3. The van der Waals surface area contributed by atoms with E-state index in [1.807, 2.05) is 23.9 Å². The van der Waals surface area contributed by atoms with Crippen LogP contribution in [0.3, 0.4) is 0 Å². The zero-order valence-electron chi connectivity index (χ0n) is 14.7. The topological polar surface area (TPSA) is 30.7 Å². The molecule has 1 aliphatic carbocycles. The molecule has 0 bridgehead atoms. The van der Waals surface area contributed by atoms with Gasteiger partial charge in [0.05, 0.1) is 17.1 Å². The summed E-state index contributed by atoms with van der Waals surface area (Å²) in [5.41, 5.74) is 9.26. The molecule has 1 aliphatic rings. The van der Waals surface area contributed by atoms with Crippen LogP contribution in [-0.2, 0) is 19.9 Å². The van der Waals surface area contributed by atoms with E-state index in [2.05, 4.69) is 60.8 Å². The number of rotatable bonds is 2. The molecule has 0 saturated carbocycles. The van der Waals surface area contributed by atoms with Crippen LogP contribution in [0, 0.1) is 0 Å². The number of pyridine rings is 1. The van der Waals surface area contributed by atoms with E-state index in [9.17, 15) is 0 Å². The molecular formula is C23H19N3. The fourth-order valence-corrected chi connectivity index (χ4v) is 3.80. The monoisotopic (exact) mass is 337 g/mol. The second kappa shape index (κ2) is 5.95. The average molecular weight is 337 g/mol. The van der Waals surface area contributed by atoms with Crippen LogP contribution in [0.2, 0.25) is 0 Å². The maximum Gasteiger partial charge on any atom is 0.0973 e. The van der Waals surface area contributed by atoms with E-state index in [1.165, 1.54) is 16.7 Å². The minimum absolute atomic E-state index is 0.961. The molecule has 0 N–H and O–H groups in total. The second-order valence-electron chi connectivity index (χ2n) is 6.79. The van der Waals surface area contributed by atoms with E-state index in [0.717, 1.165) is 41.1 Å². The standard InChI is InChI=1S/C23H19N3/c1-26-15-18-12-13-21-20(23(18)25-26)14-19(16-8-4-2-5-9-16)22(24-21)17-10-6-3-7-11-17/h2-11,14-15H,12-13H2,1H3. The largest absolute Gasteiger partial charge is 0.275 e. The molecule has 0 unspecified atom stereocenters. The summed E-state index contributed by atoms with van der Waals surface area (Å²) in [5, 5.41) is 4.71. The van der Waals surface area contributed by atoms with Crippen molar-refractivity contribution in [2.45, 2.75) is 12.8 Å². The lowest BCUT2D eigenvalue weighted by Gasteiger charge is -2.19. The van der Waals surface area contributed by atoms with Crippen molar-refractivity contribution in [2.24, 2.45) is 7.05 Å². The predicted octanol–water partition coefficient (Wildman–Crippen LogP) is 4.91. The molecule has 2 aromatic heterocycles. The molecule has 3 heteroatoms. The van der Waals surface area contributed by atoms with Crippen molar-refractivity contribution < 1.29 is 0 Å². The highest BCUT2D eigenvalue weighted by Crippen LogP contribution is 2.38. The Morgan fingerprint density at radius 2 is 1.46 bits per heavy atom. The lowest BCUT2D eigenvalue weighted by atomic mass is 9.90. The van der Waals surface area contributed by atoms with Gasteiger partial charge < -0.3 is 0 Å². The molecule has 4 aromatic rings. The Morgan fingerprint density at radius 3 is 2.19 bits per heavy atom. The molecular weight excluding hydrogens is 318 g/mol. The van der Waals surface area contributed by atoms with Crippen LogP contribution in [0.15, 0.2) is 72.9 Å². The normalized spacial score (nSPS) is 12.5. The van der Waals surface area contributed by atoms with Crippen molar-refractivity contribution in [1.29, 1.82) is 0 Å². The van der Waals surface area contributed by atoms with Gasteiger partial charge in [0.15, 0.2) is 0 Å². The molecule has 26 heavy (non-hydrogen) atoms. The van der Waals surface area contributed by atoms with Gasteiger partial charge in [-0.2, -0.15) is 5.10 Å². The Kier molecular flexibility index (Phi) is 3.45. The highest BCUT2D eigenvalue weighted by Gasteiger charge is 2.23. The van der Waals surface area contributed by atoms with Crippen molar-refractivity contribution >= 4 is 0 Å². The van der Waals surface area contributed by atoms with Gasteiger partial charge >= 0.3 is 0 Å². The van der Waals surface area contributed by atoms with Gasteiger partial charge in [0.25, 0.3) is 0 Å². The maximum atomic E-state index is 5.12. The third kappa shape index (κ3) is 2.44. The Bertz CT molecular complexity index is 1080. The number of hydrogen-bond donors (Lipinski definition) is 0. The Labute approximate surface area is 153 Å². The van der Waals surface area contributed by atoms with E-state index in [4.69, 9.17) is 10.1 Å². The Balaban J connectivity index is 1.79. The molecule has 2 heterocycles. The third-order valence-electron chi connectivity index (χ3n) is 5.02. The van der Waals surface area contributed by atoms with E-state index in [-0.39, 0.29) is 0 Å². The molecule has 5 rings (SSSR count). The molecule has 0 radical (unpaired) electrons. The summed E-state index contributed by atoms with van der Waals surface area (Å²) in [6.07, 6.45) is 4.09. The van der Waals surface area contributed by atoms with E-state index in [1.54, 1.807) is 0 Å². The zero-order valence-corrected chi connectivity index (χ0v) is 14.7. The van der Waals surface area contributed by atoms with Crippen molar-refractivity contribution in [2.75, 3.05) is 0 Å². The Hall–Kier alpha value is -3.20. The maximum absolute atomic E-state index is 5.12. The zero-order chi connectivity index (χ0) is 17.5. The van der Waals surface area contributed by atoms with Crippen LogP contribution < -0.4 is 0 Å². The van der Waals surface area contributed by atoms with Crippen molar-refractivity contribution in [1.82, 2.24) is 14.8 Å². The number of aromatic nitrogens is 3. The van der Waals surface area contributed by atoms with Crippen LogP contribution in [0.4, 0.5) is 0 Å². The van der Waals surface area contributed by atoms with Gasteiger partial charge in [0.1, 0.15) is 0 Å². The first kappa shape index (κ1) is 15.1. The van der Waals surface area contributed by atoms with E-state index >= 15 is 0 Å². The summed E-state index contributed by atoms with van der Waals surface area (Å²) in [5.74, 6) is 0. The molecule has 0 fully saturated rings. The van der Waals surface area contributed by atoms with Gasteiger partial charge in [-0.3, -0.25) is 9.67 Å². The van der Waals surface area contributed by atoms with Crippen LogP contribution in [0.1, 0.15) is 11.3 Å².